The first kappa shape index (κ1) is 11.2. The van der Waals surface area contributed by atoms with Gasteiger partial charge >= 0.3 is 5.69 Å². The maximum absolute atomic E-state index is 11.5. The van der Waals surface area contributed by atoms with Crippen LogP contribution in [0.3, 0.4) is 0 Å². The molecule has 0 aliphatic carbocycles. The second-order valence-corrected chi connectivity index (χ2v) is 3.58. The standard InChI is InChI=1S/C12H12N2O3/c1-14-9(7-11(15)13-12(14)16)8-5-3-4-6-10(8)17-2/h3-7H,1-2H3,(H,13,15,16). The first-order chi connectivity index (χ1) is 8.13. The van der Waals surface area contributed by atoms with Crippen LogP contribution in [0.2, 0.25) is 0 Å². The van der Waals surface area contributed by atoms with E-state index in [9.17, 15) is 9.59 Å². The van der Waals surface area contributed by atoms with E-state index < -0.39 is 11.2 Å². The number of rotatable bonds is 2. The highest BCUT2D eigenvalue weighted by Crippen LogP contribution is 2.27. The normalized spacial score (nSPS) is 10.2. The number of aromatic amines is 1. The molecule has 2 rings (SSSR count). The van der Waals surface area contributed by atoms with E-state index in [1.807, 2.05) is 12.1 Å². The van der Waals surface area contributed by atoms with E-state index in [-0.39, 0.29) is 0 Å². The second-order valence-electron chi connectivity index (χ2n) is 3.58. The van der Waals surface area contributed by atoms with E-state index >= 15 is 0 Å². The third kappa shape index (κ3) is 1.99. The Morgan fingerprint density at radius 1 is 1.24 bits per heavy atom. The molecular weight excluding hydrogens is 220 g/mol. The number of hydrogen-bond donors (Lipinski definition) is 1. The van der Waals surface area contributed by atoms with Crippen LogP contribution in [0, 0.1) is 0 Å². The summed E-state index contributed by atoms with van der Waals surface area (Å²) in [5, 5.41) is 0. The topological polar surface area (TPSA) is 64.1 Å². The van der Waals surface area contributed by atoms with E-state index in [2.05, 4.69) is 4.98 Å². The number of ether oxygens (including phenoxy) is 1. The molecule has 17 heavy (non-hydrogen) atoms. The Labute approximate surface area is 97.3 Å². The van der Waals surface area contributed by atoms with Crippen LogP contribution in [0.5, 0.6) is 5.75 Å². The van der Waals surface area contributed by atoms with Crippen LogP contribution in [0.1, 0.15) is 0 Å². The molecule has 1 aromatic heterocycles. The van der Waals surface area contributed by atoms with Crippen LogP contribution in [0.4, 0.5) is 0 Å². The molecule has 0 radical (unpaired) electrons. The molecule has 0 aliphatic heterocycles. The first-order valence-corrected chi connectivity index (χ1v) is 5.07. The SMILES string of the molecule is COc1ccccc1-c1cc(=O)[nH]c(=O)n1C. The summed E-state index contributed by atoms with van der Waals surface area (Å²) in [6, 6.07) is 8.60. The highest BCUT2D eigenvalue weighted by Gasteiger charge is 2.09. The van der Waals surface area contributed by atoms with Crippen molar-refractivity contribution in [3.8, 4) is 17.0 Å². The summed E-state index contributed by atoms with van der Waals surface area (Å²) in [4.78, 5) is 25.0. The Morgan fingerprint density at radius 2 is 1.94 bits per heavy atom. The molecule has 0 unspecified atom stereocenters. The van der Waals surface area contributed by atoms with Gasteiger partial charge in [0, 0.05) is 18.7 Å². The van der Waals surface area contributed by atoms with Gasteiger partial charge in [0.25, 0.3) is 5.56 Å². The Kier molecular flexibility index (Phi) is 2.82. The molecule has 2 aromatic rings. The molecule has 0 saturated carbocycles. The summed E-state index contributed by atoms with van der Waals surface area (Å²) in [5.74, 6) is 0.619. The number of methoxy groups -OCH3 is 1. The average molecular weight is 232 g/mol. The van der Waals surface area contributed by atoms with Crippen LogP contribution >= 0.6 is 0 Å². The summed E-state index contributed by atoms with van der Waals surface area (Å²) in [7, 11) is 3.14. The van der Waals surface area contributed by atoms with E-state index in [1.165, 1.54) is 10.6 Å². The number of H-pyrrole nitrogens is 1. The predicted octanol–water partition coefficient (Wildman–Crippen LogP) is 0.749. The number of hydrogen-bond acceptors (Lipinski definition) is 3. The van der Waals surface area contributed by atoms with Gasteiger partial charge in [-0.25, -0.2) is 4.79 Å². The molecule has 5 nitrogen and oxygen atoms in total. The minimum atomic E-state index is -0.446. The molecule has 0 atom stereocenters. The molecular formula is C12H12N2O3. The van der Waals surface area contributed by atoms with Gasteiger partial charge in [-0.3, -0.25) is 14.3 Å². The van der Waals surface area contributed by atoms with Crippen molar-refractivity contribution in [2.45, 2.75) is 0 Å². The van der Waals surface area contributed by atoms with E-state index in [4.69, 9.17) is 4.74 Å². The van der Waals surface area contributed by atoms with Crippen LogP contribution in [-0.4, -0.2) is 16.7 Å². The van der Waals surface area contributed by atoms with Crippen molar-refractivity contribution in [2.24, 2.45) is 7.05 Å². The maximum Gasteiger partial charge on any atom is 0.328 e. The fraction of sp³-hybridized carbons (Fsp3) is 0.167. The van der Waals surface area contributed by atoms with Crippen LogP contribution in [0.25, 0.3) is 11.3 Å². The van der Waals surface area contributed by atoms with Crippen LogP contribution in [-0.2, 0) is 7.05 Å². The summed E-state index contributed by atoms with van der Waals surface area (Å²) < 4.78 is 6.58. The van der Waals surface area contributed by atoms with Crippen molar-refractivity contribution in [1.29, 1.82) is 0 Å². The van der Waals surface area contributed by atoms with Crippen molar-refractivity contribution in [3.63, 3.8) is 0 Å². The molecule has 0 amide bonds. The number of aromatic nitrogens is 2. The lowest BCUT2D eigenvalue weighted by Crippen LogP contribution is -2.28. The Balaban J connectivity index is 2.77. The third-order valence-electron chi connectivity index (χ3n) is 2.55. The highest BCUT2D eigenvalue weighted by molar-refractivity contribution is 5.67. The monoisotopic (exact) mass is 232 g/mol. The van der Waals surface area contributed by atoms with Crippen molar-refractivity contribution in [3.05, 3.63) is 51.2 Å². The molecule has 0 fully saturated rings. The molecule has 1 N–H and O–H groups in total. The van der Waals surface area contributed by atoms with E-state index in [1.54, 1.807) is 26.3 Å². The molecule has 1 aromatic carbocycles. The molecule has 0 spiro atoms. The van der Waals surface area contributed by atoms with Gasteiger partial charge in [-0.05, 0) is 12.1 Å². The zero-order chi connectivity index (χ0) is 12.4. The Bertz CT molecular complexity index is 655. The summed E-state index contributed by atoms with van der Waals surface area (Å²) >= 11 is 0. The first-order valence-electron chi connectivity index (χ1n) is 5.07. The lowest BCUT2D eigenvalue weighted by atomic mass is 10.1. The molecule has 0 saturated heterocycles. The third-order valence-corrected chi connectivity index (χ3v) is 2.55. The molecule has 0 aliphatic rings. The summed E-state index contributed by atoms with van der Waals surface area (Å²) in [5.41, 5.74) is 0.365. The fourth-order valence-electron chi connectivity index (χ4n) is 1.67. The Morgan fingerprint density at radius 3 is 2.65 bits per heavy atom. The Hall–Kier alpha value is -2.30. The van der Waals surface area contributed by atoms with Gasteiger partial charge in [0.1, 0.15) is 5.75 Å². The lowest BCUT2D eigenvalue weighted by molar-refractivity contribution is 0.416. The van der Waals surface area contributed by atoms with E-state index in [0.717, 1.165) is 0 Å². The highest BCUT2D eigenvalue weighted by atomic mass is 16.5. The van der Waals surface area contributed by atoms with Gasteiger partial charge in [-0.2, -0.15) is 0 Å². The quantitative estimate of drug-likeness (QED) is 0.831. The fourth-order valence-corrected chi connectivity index (χ4v) is 1.67. The van der Waals surface area contributed by atoms with Gasteiger partial charge in [0.15, 0.2) is 0 Å². The molecule has 5 heteroatoms. The summed E-state index contributed by atoms with van der Waals surface area (Å²) in [6.45, 7) is 0. The average Bonchev–Trinajstić information content (AvgIpc) is 2.33. The number of benzene rings is 1. The zero-order valence-electron chi connectivity index (χ0n) is 9.56. The predicted molar refractivity (Wildman–Crippen MR) is 64.3 cm³/mol. The minimum Gasteiger partial charge on any atom is -0.496 e. The van der Waals surface area contributed by atoms with Gasteiger partial charge in [-0.1, -0.05) is 12.1 Å². The minimum absolute atomic E-state index is 0.422. The number of para-hydroxylation sites is 1. The van der Waals surface area contributed by atoms with Gasteiger partial charge in [-0.15, -0.1) is 0 Å². The number of nitrogens with one attached hydrogen (secondary N) is 1. The van der Waals surface area contributed by atoms with Gasteiger partial charge in [0.2, 0.25) is 0 Å². The van der Waals surface area contributed by atoms with Crippen molar-refractivity contribution < 1.29 is 4.74 Å². The van der Waals surface area contributed by atoms with Crippen LogP contribution in [0.15, 0.2) is 39.9 Å². The lowest BCUT2D eigenvalue weighted by Gasteiger charge is -2.10. The van der Waals surface area contributed by atoms with E-state index in [0.29, 0.717) is 17.0 Å². The van der Waals surface area contributed by atoms with Crippen molar-refractivity contribution in [1.82, 2.24) is 9.55 Å². The second kappa shape index (κ2) is 4.29. The summed E-state index contributed by atoms with van der Waals surface area (Å²) in [6.07, 6.45) is 0. The largest absolute Gasteiger partial charge is 0.496 e. The zero-order valence-corrected chi connectivity index (χ0v) is 9.56. The molecule has 0 bridgehead atoms. The van der Waals surface area contributed by atoms with Crippen molar-refractivity contribution in [2.75, 3.05) is 7.11 Å². The smallest absolute Gasteiger partial charge is 0.328 e. The van der Waals surface area contributed by atoms with Gasteiger partial charge in [0.05, 0.1) is 12.8 Å². The molecule has 88 valence electrons. The number of nitrogens with zero attached hydrogens (tertiary/aromatic N) is 1. The molecule has 1 heterocycles. The van der Waals surface area contributed by atoms with Crippen LogP contribution < -0.4 is 16.0 Å². The van der Waals surface area contributed by atoms with Gasteiger partial charge < -0.3 is 4.74 Å². The maximum atomic E-state index is 11.5. The van der Waals surface area contributed by atoms with Crippen molar-refractivity contribution >= 4 is 0 Å².